The van der Waals surface area contributed by atoms with Crippen LogP contribution in [-0.2, 0) is 0 Å². The zero-order valence-electron chi connectivity index (χ0n) is 12.4. The van der Waals surface area contributed by atoms with Gasteiger partial charge in [-0.05, 0) is 31.4 Å². The van der Waals surface area contributed by atoms with E-state index >= 15 is 0 Å². The van der Waals surface area contributed by atoms with Crippen LogP contribution in [0.5, 0.6) is 11.5 Å². The normalized spacial score (nSPS) is 13.9. The average Bonchev–Trinajstić information content (AvgIpc) is 2.43. The first-order valence-corrected chi connectivity index (χ1v) is 7.29. The lowest BCUT2D eigenvalue weighted by Crippen LogP contribution is -2.22. The first-order valence-electron chi connectivity index (χ1n) is 7.29. The van der Waals surface area contributed by atoms with Crippen molar-refractivity contribution in [3.05, 3.63) is 24.3 Å². The highest BCUT2D eigenvalue weighted by atomic mass is 16.5. The molecule has 0 aliphatic heterocycles. The first-order chi connectivity index (χ1) is 9.19. The van der Waals surface area contributed by atoms with Crippen LogP contribution in [0.15, 0.2) is 24.3 Å². The summed E-state index contributed by atoms with van der Waals surface area (Å²) in [7, 11) is 0. The Hall–Kier alpha value is -1.22. The molecule has 0 aliphatic rings. The summed E-state index contributed by atoms with van der Waals surface area (Å²) < 4.78 is 11.5. The Kier molecular flexibility index (Phi) is 7.34. The molecule has 0 amide bonds. The standard InChI is InChI=1S/C16H27NO2/c1-4-7-14(5-2)12-18-15-8-6-9-16(10-15)19-13(3)11-17/h6,8-10,13-14H,4-5,7,11-12,17H2,1-3H3/t13-,14?/m0/s1. The van der Waals surface area contributed by atoms with Crippen molar-refractivity contribution in [3.63, 3.8) is 0 Å². The monoisotopic (exact) mass is 265 g/mol. The predicted molar refractivity (Wildman–Crippen MR) is 79.8 cm³/mol. The Morgan fingerprint density at radius 1 is 1.21 bits per heavy atom. The Morgan fingerprint density at radius 3 is 2.58 bits per heavy atom. The fourth-order valence-electron chi connectivity index (χ4n) is 1.95. The molecule has 0 radical (unpaired) electrons. The molecule has 1 aromatic rings. The summed E-state index contributed by atoms with van der Waals surface area (Å²) in [6.07, 6.45) is 3.61. The minimum absolute atomic E-state index is 0.0266. The van der Waals surface area contributed by atoms with Crippen LogP contribution in [-0.4, -0.2) is 19.3 Å². The number of benzene rings is 1. The number of hydrogen-bond donors (Lipinski definition) is 1. The van der Waals surface area contributed by atoms with Crippen molar-refractivity contribution in [1.82, 2.24) is 0 Å². The van der Waals surface area contributed by atoms with Crippen LogP contribution in [0, 0.1) is 5.92 Å². The molecule has 0 saturated carbocycles. The second-order valence-electron chi connectivity index (χ2n) is 5.01. The SMILES string of the molecule is CCCC(CC)COc1cccc(O[C@@H](C)CN)c1. The number of rotatable bonds is 9. The summed E-state index contributed by atoms with van der Waals surface area (Å²) >= 11 is 0. The van der Waals surface area contributed by atoms with Crippen molar-refractivity contribution in [2.75, 3.05) is 13.2 Å². The van der Waals surface area contributed by atoms with Crippen molar-refractivity contribution < 1.29 is 9.47 Å². The third-order valence-electron chi connectivity index (χ3n) is 3.23. The van der Waals surface area contributed by atoms with E-state index in [1.54, 1.807) is 0 Å². The lowest BCUT2D eigenvalue weighted by molar-refractivity contribution is 0.220. The molecule has 1 unspecified atom stereocenters. The first kappa shape index (κ1) is 15.8. The number of ether oxygens (including phenoxy) is 2. The van der Waals surface area contributed by atoms with Crippen molar-refractivity contribution in [2.24, 2.45) is 11.7 Å². The Balaban J connectivity index is 2.51. The highest BCUT2D eigenvalue weighted by Crippen LogP contribution is 2.22. The summed E-state index contributed by atoms with van der Waals surface area (Å²) in [6.45, 7) is 7.68. The Bertz CT molecular complexity index is 354. The third-order valence-corrected chi connectivity index (χ3v) is 3.23. The van der Waals surface area contributed by atoms with Crippen molar-refractivity contribution in [1.29, 1.82) is 0 Å². The van der Waals surface area contributed by atoms with Gasteiger partial charge in [-0.2, -0.15) is 0 Å². The van der Waals surface area contributed by atoms with Gasteiger partial charge in [0.2, 0.25) is 0 Å². The van der Waals surface area contributed by atoms with E-state index in [9.17, 15) is 0 Å². The molecule has 3 nitrogen and oxygen atoms in total. The smallest absolute Gasteiger partial charge is 0.123 e. The van der Waals surface area contributed by atoms with E-state index in [2.05, 4.69) is 13.8 Å². The van der Waals surface area contributed by atoms with E-state index in [4.69, 9.17) is 15.2 Å². The molecule has 19 heavy (non-hydrogen) atoms. The van der Waals surface area contributed by atoms with Gasteiger partial charge >= 0.3 is 0 Å². The molecule has 1 rings (SSSR count). The molecular formula is C16H27NO2. The summed E-state index contributed by atoms with van der Waals surface area (Å²) in [5, 5.41) is 0. The van der Waals surface area contributed by atoms with Gasteiger partial charge in [-0.15, -0.1) is 0 Å². The van der Waals surface area contributed by atoms with Crippen LogP contribution in [0.3, 0.4) is 0 Å². The van der Waals surface area contributed by atoms with Crippen molar-refractivity contribution >= 4 is 0 Å². The second-order valence-corrected chi connectivity index (χ2v) is 5.01. The molecule has 1 aromatic carbocycles. The van der Waals surface area contributed by atoms with Gasteiger partial charge in [0.1, 0.15) is 17.6 Å². The van der Waals surface area contributed by atoms with E-state index in [-0.39, 0.29) is 6.10 Å². The van der Waals surface area contributed by atoms with Crippen LogP contribution in [0.2, 0.25) is 0 Å². The van der Waals surface area contributed by atoms with Gasteiger partial charge in [-0.25, -0.2) is 0 Å². The maximum absolute atomic E-state index is 5.86. The fraction of sp³-hybridized carbons (Fsp3) is 0.625. The van der Waals surface area contributed by atoms with Gasteiger partial charge in [0.25, 0.3) is 0 Å². The van der Waals surface area contributed by atoms with Gasteiger partial charge in [-0.3, -0.25) is 0 Å². The minimum atomic E-state index is 0.0266. The maximum Gasteiger partial charge on any atom is 0.123 e. The summed E-state index contributed by atoms with van der Waals surface area (Å²) in [5.41, 5.74) is 5.55. The molecule has 0 aliphatic carbocycles. The van der Waals surface area contributed by atoms with E-state index < -0.39 is 0 Å². The van der Waals surface area contributed by atoms with E-state index in [0.29, 0.717) is 12.5 Å². The quantitative estimate of drug-likeness (QED) is 0.741. The highest BCUT2D eigenvalue weighted by Gasteiger charge is 2.07. The second kappa shape index (κ2) is 8.81. The lowest BCUT2D eigenvalue weighted by atomic mass is 10.0. The van der Waals surface area contributed by atoms with Crippen molar-refractivity contribution in [3.8, 4) is 11.5 Å². The molecule has 0 bridgehead atoms. The fourth-order valence-corrected chi connectivity index (χ4v) is 1.95. The molecule has 2 atom stereocenters. The van der Waals surface area contributed by atoms with Crippen LogP contribution in [0.25, 0.3) is 0 Å². The predicted octanol–water partition coefficient (Wildman–Crippen LogP) is 3.62. The largest absolute Gasteiger partial charge is 0.493 e. The third kappa shape index (κ3) is 5.97. The van der Waals surface area contributed by atoms with Gasteiger partial charge in [0.05, 0.1) is 6.61 Å². The number of nitrogens with two attached hydrogens (primary N) is 1. The van der Waals surface area contributed by atoms with Gasteiger partial charge in [-0.1, -0.05) is 32.8 Å². The van der Waals surface area contributed by atoms with Gasteiger partial charge < -0.3 is 15.2 Å². The zero-order valence-corrected chi connectivity index (χ0v) is 12.4. The topological polar surface area (TPSA) is 44.5 Å². The lowest BCUT2D eigenvalue weighted by Gasteiger charge is -2.16. The van der Waals surface area contributed by atoms with E-state index in [1.165, 1.54) is 12.8 Å². The van der Waals surface area contributed by atoms with Crippen LogP contribution in [0.1, 0.15) is 40.0 Å². The Morgan fingerprint density at radius 2 is 1.95 bits per heavy atom. The maximum atomic E-state index is 5.86. The molecule has 0 saturated heterocycles. The molecule has 0 spiro atoms. The average molecular weight is 265 g/mol. The van der Waals surface area contributed by atoms with Crippen LogP contribution >= 0.6 is 0 Å². The summed E-state index contributed by atoms with van der Waals surface area (Å²) in [6, 6.07) is 7.79. The minimum Gasteiger partial charge on any atom is -0.493 e. The molecule has 3 heteroatoms. The van der Waals surface area contributed by atoms with E-state index in [1.807, 2.05) is 31.2 Å². The van der Waals surface area contributed by atoms with Crippen LogP contribution < -0.4 is 15.2 Å². The molecule has 0 heterocycles. The van der Waals surface area contributed by atoms with Crippen molar-refractivity contribution in [2.45, 2.75) is 46.1 Å². The summed E-state index contributed by atoms with van der Waals surface area (Å²) in [4.78, 5) is 0. The van der Waals surface area contributed by atoms with Crippen LogP contribution in [0.4, 0.5) is 0 Å². The molecular weight excluding hydrogens is 238 g/mol. The van der Waals surface area contributed by atoms with Gasteiger partial charge in [0.15, 0.2) is 0 Å². The van der Waals surface area contributed by atoms with E-state index in [0.717, 1.165) is 24.5 Å². The highest BCUT2D eigenvalue weighted by molar-refractivity contribution is 5.33. The zero-order chi connectivity index (χ0) is 14.1. The summed E-state index contributed by atoms with van der Waals surface area (Å²) in [5.74, 6) is 2.33. The Labute approximate surface area is 117 Å². The van der Waals surface area contributed by atoms with Gasteiger partial charge in [0, 0.05) is 12.6 Å². The molecule has 2 N–H and O–H groups in total. The molecule has 0 fully saturated rings. The molecule has 0 aromatic heterocycles. The molecule has 108 valence electrons. The number of hydrogen-bond acceptors (Lipinski definition) is 3.